The van der Waals surface area contributed by atoms with Crippen molar-refractivity contribution in [2.24, 2.45) is 0 Å². The Kier molecular flexibility index (Phi) is 4.45. The van der Waals surface area contributed by atoms with Crippen molar-refractivity contribution in [2.45, 2.75) is 0 Å². The first kappa shape index (κ1) is 17.4. The number of benzene rings is 1. The van der Waals surface area contributed by atoms with Crippen LogP contribution in [0.4, 0.5) is 22.9 Å². The summed E-state index contributed by atoms with van der Waals surface area (Å²) in [5, 5.41) is 3.39. The van der Waals surface area contributed by atoms with Crippen LogP contribution in [-0.2, 0) is 4.74 Å². The van der Waals surface area contributed by atoms with E-state index in [0.717, 1.165) is 37.6 Å². The molecule has 146 valence electrons. The first-order chi connectivity index (χ1) is 14.3. The molecule has 1 aromatic carbocycles. The number of morpholine rings is 1. The summed E-state index contributed by atoms with van der Waals surface area (Å²) in [6, 6.07) is 11.9. The molecule has 3 N–H and O–H groups in total. The van der Waals surface area contributed by atoms with E-state index in [-0.39, 0.29) is 0 Å². The van der Waals surface area contributed by atoms with Crippen LogP contribution in [0.15, 0.2) is 61.2 Å². The third-order valence-electron chi connectivity index (χ3n) is 4.96. The zero-order chi connectivity index (χ0) is 19.6. The first-order valence-electron chi connectivity index (χ1n) is 9.52. The van der Waals surface area contributed by atoms with Crippen LogP contribution in [0.25, 0.3) is 17.0 Å². The molecule has 29 heavy (non-hydrogen) atoms. The SMILES string of the molecule is Nc1cccnc1-c1cn2ccnc2c(Nc2ccc(N3CCOCC3)cc2)n1. The maximum atomic E-state index is 6.10. The van der Waals surface area contributed by atoms with Gasteiger partial charge in [0.2, 0.25) is 0 Å². The number of nitrogen functional groups attached to an aromatic ring is 1. The molecule has 4 heterocycles. The summed E-state index contributed by atoms with van der Waals surface area (Å²) >= 11 is 0. The molecule has 0 aliphatic carbocycles. The van der Waals surface area contributed by atoms with Crippen LogP contribution in [0.1, 0.15) is 0 Å². The minimum absolute atomic E-state index is 0.584. The number of nitrogens with two attached hydrogens (primary N) is 1. The molecule has 8 nitrogen and oxygen atoms in total. The van der Waals surface area contributed by atoms with Gasteiger partial charge in [0.05, 0.1) is 18.9 Å². The summed E-state index contributed by atoms with van der Waals surface area (Å²) < 4.78 is 7.35. The molecule has 4 aromatic rings. The second kappa shape index (κ2) is 7.40. The van der Waals surface area contributed by atoms with E-state index in [9.17, 15) is 0 Å². The fourth-order valence-electron chi connectivity index (χ4n) is 3.48. The standard InChI is InChI=1S/C21H21N7O/c22-17-2-1-7-23-19(17)18-14-28-9-8-24-21(28)20(26-18)25-15-3-5-16(6-4-15)27-10-12-29-13-11-27/h1-9,14H,10-13,22H2,(H,25,26). The molecular formula is C21H21N7O. The van der Waals surface area contributed by atoms with Gasteiger partial charge >= 0.3 is 0 Å². The van der Waals surface area contributed by atoms with Crippen LogP contribution >= 0.6 is 0 Å². The number of hydrogen-bond donors (Lipinski definition) is 2. The zero-order valence-electron chi connectivity index (χ0n) is 15.8. The molecular weight excluding hydrogens is 366 g/mol. The van der Waals surface area contributed by atoms with Crippen molar-refractivity contribution in [2.75, 3.05) is 42.3 Å². The molecule has 1 aliphatic rings. The van der Waals surface area contributed by atoms with Crippen molar-refractivity contribution in [3.05, 3.63) is 61.2 Å². The lowest BCUT2D eigenvalue weighted by atomic mass is 10.2. The summed E-state index contributed by atoms with van der Waals surface area (Å²) in [4.78, 5) is 15.9. The number of anilines is 4. The van der Waals surface area contributed by atoms with E-state index in [2.05, 4.69) is 32.3 Å². The van der Waals surface area contributed by atoms with E-state index >= 15 is 0 Å². The number of nitrogens with zero attached hydrogens (tertiary/aromatic N) is 5. The highest BCUT2D eigenvalue weighted by molar-refractivity contribution is 5.76. The van der Waals surface area contributed by atoms with E-state index in [1.165, 1.54) is 5.69 Å². The number of pyridine rings is 1. The number of hydrogen-bond acceptors (Lipinski definition) is 7. The van der Waals surface area contributed by atoms with Gasteiger partial charge in [0, 0.05) is 49.3 Å². The van der Waals surface area contributed by atoms with Gasteiger partial charge in [-0.15, -0.1) is 0 Å². The van der Waals surface area contributed by atoms with Crippen LogP contribution in [-0.4, -0.2) is 45.7 Å². The lowest BCUT2D eigenvalue weighted by Crippen LogP contribution is -2.36. The highest BCUT2D eigenvalue weighted by Gasteiger charge is 2.14. The fourth-order valence-corrected chi connectivity index (χ4v) is 3.48. The normalized spacial score (nSPS) is 14.3. The molecule has 1 saturated heterocycles. The smallest absolute Gasteiger partial charge is 0.180 e. The van der Waals surface area contributed by atoms with E-state index in [1.54, 1.807) is 12.4 Å². The maximum absolute atomic E-state index is 6.10. The van der Waals surface area contributed by atoms with Gasteiger partial charge in [0.1, 0.15) is 11.4 Å². The molecule has 1 fully saturated rings. The highest BCUT2D eigenvalue weighted by atomic mass is 16.5. The Labute approximate surface area is 168 Å². The van der Waals surface area contributed by atoms with Crippen molar-refractivity contribution in [3.63, 3.8) is 0 Å². The van der Waals surface area contributed by atoms with Crippen LogP contribution in [0.3, 0.4) is 0 Å². The molecule has 0 unspecified atom stereocenters. The van der Waals surface area contributed by atoms with E-state index < -0.39 is 0 Å². The van der Waals surface area contributed by atoms with Gasteiger partial charge in [-0.25, -0.2) is 9.97 Å². The Morgan fingerprint density at radius 1 is 1.00 bits per heavy atom. The molecule has 3 aromatic heterocycles. The summed E-state index contributed by atoms with van der Waals surface area (Å²) in [6.45, 7) is 3.36. The largest absolute Gasteiger partial charge is 0.397 e. The molecule has 5 rings (SSSR count). The summed E-state index contributed by atoms with van der Waals surface area (Å²) in [5.74, 6) is 0.650. The van der Waals surface area contributed by atoms with Gasteiger partial charge in [-0.05, 0) is 36.4 Å². The average molecular weight is 387 g/mol. The van der Waals surface area contributed by atoms with Gasteiger partial charge in [-0.1, -0.05) is 0 Å². The van der Waals surface area contributed by atoms with Crippen LogP contribution in [0.5, 0.6) is 0 Å². The minimum atomic E-state index is 0.584. The third-order valence-corrected chi connectivity index (χ3v) is 4.96. The summed E-state index contributed by atoms with van der Waals surface area (Å²) in [7, 11) is 0. The number of rotatable bonds is 4. The Morgan fingerprint density at radius 3 is 2.62 bits per heavy atom. The van der Waals surface area contributed by atoms with Crippen LogP contribution in [0.2, 0.25) is 0 Å². The molecule has 0 atom stereocenters. The topological polar surface area (TPSA) is 93.6 Å². The lowest BCUT2D eigenvalue weighted by Gasteiger charge is -2.28. The predicted molar refractivity (Wildman–Crippen MR) is 113 cm³/mol. The monoisotopic (exact) mass is 387 g/mol. The van der Waals surface area contributed by atoms with E-state index in [4.69, 9.17) is 15.5 Å². The van der Waals surface area contributed by atoms with Crippen molar-refractivity contribution < 1.29 is 4.74 Å². The Hall–Kier alpha value is -3.65. The number of nitrogens with one attached hydrogen (secondary N) is 1. The van der Waals surface area contributed by atoms with Gasteiger partial charge < -0.3 is 25.1 Å². The molecule has 0 spiro atoms. The first-order valence-corrected chi connectivity index (χ1v) is 9.52. The van der Waals surface area contributed by atoms with Gasteiger partial charge in [0.15, 0.2) is 11.5 Å². The summed E-state index contributed by atoms with van der Waals surface area (Å²) in [5.41, 5.74) is 10.9. The lowest BCUT2D eigenvalue weighted by molar-refractivity contribution is 0.122. The van der Waals surface area contributed by atoms with Gasteiger partial charge in [-0.3, -0.25) is 4.98 Å². The van der Waals surface area contributed by atoms with Crippen LogP contribution < -0.4 is 16.0 Å². The Balaban J connectivity index is 1.47. The number of ether oxygens (including phenoxy) is 1. The third kappa shape index (κ3) is 3.45. The number of aromatic nitrogens is 4. The second-order valence-corrected chi connectivity index (χ2v) is 6.85. The van der Waals surface area contributed by atoms with Crippen molar-refractivity contribution in [1.29, 1.82) is 0 Å². The Morgan fingerprint density at radius 2 is 1.83 bits per heavy atom. The molecule has 0 saturated carbocycles. The minimum Gasteiger partial charge on any atom is -0.397 e. The molecule has 0 amide bonds. The second-order valence-electron chi connectivity index (χ2n) is 6.85. The number of fused-ring (bicyclic) bond motifs is 1. The molecule has 0 radical (unpaired) electrons. The average Bonchev–Trinajstić information content (AvgIpc) is 3.24. The van der Waals surface area contributed by atoms with Crippen molar-refractivity contribution in [3.8, 4) is 11.4 Å². The Bertz CT molecular complexity index is 1130. The van der Waals surface area contributed by atoms with Crippen molar-refractivity contribution in [1.82, 2.24) is 19.4 Å². The summed E-state index contributed by atoms with van der Waals surface area (Å²) in [6.07, 6.45) is 7.22. The number of imidazole rings is 1. The molecule has 8 heteroatoms. The zero-order valence-corrected chi connectivity index (χ0v) is 15.8. The predicted octanol–water partition coefficient (Wildman–Crippen LogP) is 2.95. The van der Waals surface area contributed by atoms with Crippen molar-refractivity contribution >= 4 is 28.5 Å². The molecule has 1 aliphatic heterocycles. The van der Waals surface area contributed by atoms with Gasteiger partial charge in [0.25, 0.3) is 0 Å². The van der Waals surface area contributed by atoms with E-state index in [0.29, 0.717) is 22.9 Å². The fraction of sp³-hybridized carbons (Fsp3) is 0.190. The van der Waals surface area contributed by atoms with E-state index in [1.807, 2.05) is 41.1 Å². The molecule has 0 bridgehead atoms. The maximum Gasteiger partial charge on any atom is 0.180 e. The quantitative estimate of drug-likeness (QED) is 0.556. The highest BCUT2D eigenvalue weighted by Crippen LogP contribution is 2.27. The van der Waals surface area contributed by atoms with Gasteiger partial charge in [-0.2, -0.15) is 0 Å². The van der Waals surface area contributed by atoms with Crippen LogP contribution in [0, 0.1) is 0 Å².